The molecule has 0 rings (SSSR count). The first-order chi connectivity index (χ1) is 8.90. The van der Waals surface area contributed by atoms with Gasteiger partial charge in [-0.25, -0.2) is 9.59 Å². The van der Waals surface area contributed by atoms with Gasteiger partial charge in [-0.3, -0.25) is 4.79 Å². The van der Waals surface area contributed by atoms with Crippen LogP contribution >= 0.6 is 0 Å². The van der Waals surface area contributed by atoms with E-state index >= 15 is 0 Å². The fourth-order valence-corrected chi connectivity index (χ4v) is 1.53. The second-order valence-corrected chi connectivity index (χ2v) is 4.12. The fraction of sp³-hybridized carbons (Fsp3) is 0.727. The molecule has 0 aromatic carbocycles. The first kappa shape index (κ1) is 17.2. The smallest absolute Gasteiger partial charge is 0.326 e. The maximum atomic E-state index is 11.6. The van der Waals surface area contributed by atoms with Gasteiger partial charge in [0.1, 0.15) is 6.04 Å². The number of hydrogen-bond donors (Lipinski definition) is 4. The zero-order valence-corrected chi connectivity index (χ0v) is 11.1. The van der Waals surface area contributed by atoms with Crippen LogP contribution in [0.5, 0.6) is 0 Å². The van der Waals surface area contributed by atoms with Crippen LogP contribution in [0.2, 0.25) is 0 Å². The standard InChI is InChI=1S/C11H21N3O5/c1-3-4-7(6-19-2)13-11(18)14-8(10(16)17)5-9(12)15/h7-8H,3-6H2,1-2H3,(H2,12,15)(H,16,17)(H2,13,14,18)/t7?,8-/m0/s1. The number of aliphatic carboxylic acids is 1. The molecule has 0 radical (unpaired) electrons. The molecule has 2 atom stereocenters. The monoisotopic (exact) mass is 275 g/mol. The molecule has 0 aliphatic rings. The molecular weight excluding hydrogens is 254 g/mol. The number of urea groups is 1. The van der Waals surface area contributed by atoms with Crippen molar-refractivity contribution < 1.29 is 24.2 Å². The van der Waals surface area contributed by atoms with E-state index in [0.717, 1.165) is 6.42 Å². The average molecular weight is 275 g/mol. The highest BCUT2D eigenvalue weighted by Gasteiger charge is 2.23. The van der Waals surface area contributed by atoms with Crippen LogP contribution in [0.4, 0.5) is 4.79 Å². The number of nitrogens with one attached hydrogen (secondary N) is 2. The second kappa shape index (κ2) is 9.15. The van der Waals surface area contributed by atoms with Gasteiger partial charge in [-0.15, -0.1) is 0 Å². The largest absolute Gasteiger partial charge is 0.480 e. The van der Waals surface area contributed by atoms with E-state index in [2.05, 4.69) is 10.6 Å². The summed E-state index contributed by atoms with van der Waals surface area (Å²) in [6, 6.07) is -2.20. The van der Waals surface area contributed by atoms with E-state index in [1.54, 1.807) is 0 Å². The van der Waals surface area contributed by atoms with Crippen molar-refractivity contribution in [1.82, 2.24) is 10.6 Å². The third kappa shape index (κ3) is 7.98. The number of carbonyl (C=O) groups is 3. The van der Waals surface area contributed by atoms with E-state index < -0.39 is 30.4 Å². The van der Waals surface area contributed by atoms with Gasteiger partial charge in [0.05, 0.1) is 19.1 Å². The number of hydrogen-bond acceptors (Lipinski definition) is 4. The zero-order valence-electron chi connectivity index (χ0n) is 11.1. The van der Waals surface area contributed by atoms with Gasteiger partial charge in [0, 0.05) is 7.11 Å². The molecule has 3 amide bonds. The summed E-state index contributed by atoms with van der Waals surface area (Å²) in [5, 5.41) is 13.6. The summed E-state index contributed by atoms with van der Waals surface area (Å²) in [5.41, 5.74) is 4.91. The van der Waals surface area contributed by atoms with Crippen LogP contribution in [0.25, 0.3) is 0 Å². The van der Waals surface area contributed by atoms with Crippen LogP contribution < -0.4 is 16.4 Å². The number of amides is 3. The van der Waals surface area contributed by atoms with E-state index in [4.69, 9.17) is 15.6 Å². The van der Waals surface area contributed by atoms with Crippen LogP contribution in [-0.4, -0.2) is 48.8 Å². The van der Waals surface area contributed by atoms with Gasteiger partial charge < -0.3 is 26.2 Å². The Bertz CT molecular complexity index is 315. The van der Waals surface area contributed by atoms with Crippen molar-refractivity contribution in [2.75, 3.05) is 13.7 Å². The van der Waals surface area contributed by atoms with Crippen molar-refractivity contribution in [2.45, 2.75) is 38.3 Å². The number of nitrogens with two attached hydrogens (primary N) is 1. The van der Waals surface area contributed by atoms with Gasteiger partial charge in [-0.1, -0.05) is 13.3 Å². The van der Waals surface area contributed by atoms with Gasteiger partial charge in [0.25, 0.3) is 0 Å². The van der Waals surface area contributed by atoms with Gasteiger partial charge in [-0.05, 0) is 6.42 Å². The van der Waals surface area contributed by atoms with Crippen LogP contribution in [0.1, 0.15) is 26.2 Å². The van der Waals surface area contributed by atoms with Crippen molar-refractivity contribution in [1.29, 1.82) is 0 Å². The van der Waals surface area contributed by atoms with Crippen molar-refractivity contribution in [3.8, 4) is 0 Å². The lowest BCUT2D eigenvalue weighted by Gasteiger charge is -2.19. The maximum Gasteiger partial charge on any atom is 0.326 e. The minimum atomic E-state index is -1.33. The summed E-state index contributed by atoms with van der Waals surface area (Å²) in [6.45, 7) is 2.28. The van der Waals surface area contributed by atoms with Crippen LogP contribution in [0.15, 0.2) is 0 Å². The van der Waals surface area contributed by atoms with Gasteiger partial charge in [0.15, 0.2) is 0 Å². The lowest BCUT2D eigenvalue weighted by Crippen LogP contribution is -2.51. The summed E-state index contributed by atoms with van der Waals surface area (Å²) in [7, 11) is 1.51. The summed E-state index contributed by atoms with van der Waals surface area (Å²) in [5.74, 6) is -2.11. The summed E-state index contributed by atoms with van der Waals surface area (Å²) >= 11 is 0. The number of primary amides is 1. The van der Waals surface area contributed by atoms with Crippen molar-refractivity contribution in [3.05, 3.63) is 0 Å². The van der Waals surface area contributed by atoms with Crippen molar-refractivity contribution in [2.24, 2.45) is 5.73 Å². The molecule has 0 aromatic rings. The second-order valence-electron chi connectivity index (χ2n) is 4.12. The number of rotatable bonds is 9. The molecule has 0 fully saturated rings. The molecule has 19 heavy (non-hydrogen) atoms. The van der Waals surface area contributed by atoms with Crippen LogP contribution in [-0.2, 0) is 14.3 Å². The molecule has 8 nitrogen and oxygen atoms in total. The molecule has 0 aromatic heterocycles. The van der Waals surface area contributed by atoms with Crippen molar-refractivity contribution in [3.63, 3.8) is 0 Å². The van der Waals surface area contributed by atoms with Gasteiger partial charge >= 0.3 is 12.0 Å². The molecule has 110 valence electrons. The summed E-state index contributed by atoms with van der Waals surface area (Å²) < 4.78 is 4.94. The Balaban J connectivity index is 4.37. The highest BCUT2D eigenvalue weighted by atomic mass is 16.5. The number of carboxylic acids is 1. The molecule has 0 aliphatic carbocycles. The van der Waals surface area contributed by atoms with E-state index in [1.807, 2.05) is 6.92 Å². The van der Waals surface area contributed by atoms with E-state index in [0.29, 0.717) is 13.0 Å². The fourth-order valence-electron chi connectivity index (χ4n) is 1.53. The Morgan fingerprint density at radius 3 is 2.37 bits per heavy atom. The highest BCUT2D eigenvalue weighted by molar-refractivity contribution is 5.87. The van der Waals surface area contributed by atoms with Crippen LogP contribution in [0, 0.1) is 0 Å². The quantitative estimate of drug-likeness (QED) is 0.447. The molecule has 5 N–H and O–H groups in total. The minimum Gasteiger partial charge on any atom is -0.480 e. The highest BCUT2D eigenvalue weighted by Crippen LogP contribution is 1.98. The summed E-state index contributed by atoms with van der Waals surface area (Å²) in [4.78, 5) is 33.1. The molecular formula is C11H21N3O5. The normalized spacial score (nSPS) is 13.4. The zero-order chi connectivity index (χ0) is 14.8. The maximum absolute atomic E-state index is 11.6. The molecule has 0 spiro atoms. The number of methoxy groups -OCH3 is 1. The Kier molecular flexibility index (Phi) is 8.27. The van der Waals surface area contributed by atoms with E-state index in [9.17, 15) is 14.4 Å². The Morgan fingerprint density at radius 2 is 1.95 bits per heavy atom. The lowest BCUT2D eigenvalue weighted by molar-refractivity contribution is -0.140. The van der Waals surface area contributed by atoms with Gasteiger partial charge in [-0.2, -0.15) is 0 Å². The average Bonchev–Trinajstić information content (AvgIpc) is 2.27. The number of carboxylic acid groups (broad SMARTS) is 1. The first-order valence-electron chi connectivity index (χ1n) is 5.97. The minimum absolute atomic E-state index is 0.210. The Labute approximate surface area is 111 Å². The third-order valence-corrected chi connectivity index (χ3v) is 2.35. The summed E-state index contributed by atoms with van der Waals surface area (Å²) in [6.07, 6.45) is 1.10. The predicted octanol–water partition coefficient (Wildman–Crippen LogP) is -0.571. The van der Waals surface area contributed by atoms with Crippen molar-refractivity contribution >= 4 is 17.9 Å². The molecule has 0 saturated heterocycles. The lowest BCUT2D eigenvalue weighted by atomic mass is 10.2. The topological polar surface area (TPSA) is 131 Å². The van der Waals surface area contributed by atoms with Gasteiger partial charge in [0.2, 0.25) is 5.91 Å². The Morgan fingerprint density at radius 1 is 1.32 bits per heavy atom. The third-order valence-electron chi connectivity index (χ3n) is 2.35. The molecule has 1 unspecified atom stereocenters. The molecule has 0 saturated carbocycles. The molecule has 0 aliphatic heterocycles. The number of ether oxygens (including phenoxy) is 1. The number of carbonyl (C=O) groups excluding carboxylic acids is 2. The SMILES string of the molecule is CCCC(COC)NC(=O)N[C@@H](CC(N)=O)C(=O)O. The first-order valence-corrected chi connectivity index (χ1v) is 5.97. The van der Waals surface area contributed by atoms with E-state index in [-0.39, 0.29) is 6.04 Å². The molecule has 0 bridgehead atoms. The predicted molar refractivity (Wildman–Crippen MR) is 67.5 cm³/mol. The molecule has 8 heteroatoms. The molecule has 0 heterocycles. The van der Waals surface area contributed by atoms with Crippen LogP contribution in [0.3, 0.4) is 0 Å². The van der Waals surface area contributed by atoms with E-state index in [1.165, 1.54) is 7.11 Å². The Hall–Kier alpha value is -1.83.